The minimum absolute atomic E-state index is 0.409. The first-order valence-electron chi connectivity index (χ1n) is 5.80. The van der Waals surface area contributed by atoms with Gasteiger partial charge in [-0.1, -0.05) is 30.3 Å². The molecule has 2 nitrogen and oxygen atoms in total. The zero-order valence-electron chi connectivity index (χ0n) is 9.99. The van der Waals surface area contributed by atoms with Gasteiger partial charge in [0.2, 0.25) is 0 Å². The molecule has 0 aliphatic rings. The van der Waals surface area contributed by atoms with E-state index in [0.717, 1.165) is 24.5 Å². The molecule has 1 rings (SSSR count). The Morgan fingerprint density at radius 2 is 2.00 bits per heavy atom. The summed E-state index contributed by atoms with van der Waals surface area (Å²) < 4.78 is 0. The van der Waals surface area contributed by atoms with Gasteiger partial charge in [0.05, 0.1) is 0 Å². The van der Waals surface area contributed by atoms with Crippen LogP contribution in [0.1, 0.15) is 25.8 Å². The highest BCUT2D eigenvalue weighted by molar-refractivity contribution is 7.80. The maximum Gasteiger partial charge on any atom is 0.166 e. The summed E-state index contributed by atoms with van der Waals surface area (Å²) in [6.07, 6.45) is 2.18. The van der Waals surface area contributed by atoms with Gasteiger partial charge in [0.1, 0.15) is 0 Å². The predicted octanol–water partition coefficient (Wildman–Crippen LogP) is 2.49. The first-order chi connectivity index (χ1) is 7.72. The van der Waals surface area contributed by atoms with Crippen LogP contribution in [0.15, 0.2) is 30.3 Å². The second-order valence-electron chi connectivity index (χ2n) is 3.93. The van der Waals surface area contributed by atoms with E-state index in [1.54, 1.807) is 0 Å². The fourth-order valence-electron chi connectivity index (χ4n) is 1.54. The smallest absolute Gasteiger partial charge is 0.166 e. The van der Waals surface area contributed by atoms with Crippen LogP contribution in [0.4, 0.5) is 0 Å². The van der Waals surface area contributed by atoms with Crippen LogP contribution in [-0.4, -0.2) is 17.7 Å². The van der Waals surface area contributed by atoms with Crippen molar-refractivity contribution in [1.82, 2.24) is 10.6 Å². The Morgan fingerprint density at radius 3 is 2.62 bits per heavy atom. The third-order valence-electron chi connectivity index (χ3n) is 2.42. The third-order valence-corrected chi connectivity index (χ3v) is 2.69. The highest BCUT2D eigenvalue weighted by Crippen LogP contribution is 2.04. The van der Waals surface area contributed by atoms with Crippen molar-refractivity contribution in [2.75, 3.05) is 6.54 Å². The highest BCUT2D eigenvalue weighted by Gasteiger charge is 2.03. The van der Waals surface area contributed by atoms with Crippen molar-refractivity contribution in [3.8, 4) is 0 Å². The molecule has 2 N–H and O–H groups in total. The summed E-state index contributed by atoms with van der Waals surface area (Å²) in [5, 5.41) is 7.12. The maximum atomic E-state index is 5.14. The third kappa shape index (κ3) is 5.12. The minimum atomic E-state index is 0.409. The van der Waals surface area contributed by atoms with Crippen LogP contribution >= 0.6 is 12.2 Å². The van der Waals surface area contributed by atoms with Gasteiger partial charge in [0.15, 0.2) is 5.11 Å². The van der Waals surface area contributed by atoms with Crippen molar-refractivity contribution in [2.24, 2.45) is 0 Å². The van der Waals surface area contributed by atoms with Gasteiger partial charge in [-0.2, -0.15) is 0 Å². The van der Waals surface area contributed by atoms with Gasteiger partial charge in [-0.3, -0.25) is 0 Å². The Bertz CT molecular complexity index is 311. The number of rotatable bonds is 5. The van der Waals surface area contributed by atoms with Crippen molar-refractivity contribution >= 4 is 17.3 Å². The Balaban J connectivity index is 2.25. The highest BCUT2D eigenvalue weighted by atomic mass is 32.1. The molecule has 1 unspecified atom stereocenters. The second-order valence-corrected chi connectivity index (χ2v) is 4.34. The van der Waals surface area contributed by atoms with Gasteiger partial charge in [-0.15, -0.1) is 0 Å². The monoisotopic (exact) mass is 236 g/mol. The van der Waals surface area contributed by atoms with Crippen molar-refractivity contribution in [3.05, 3.63) is 35.9 Å². The minimum Gasteiger partial charge on any atom is -0.363 e. The molecule has 0 saturated carbocycles. The van der Waals surface area contributed by atoms with Crippen LogP contribution in [-0.2, 0) is 6.42 Å². The van der Waals surface area contributed by atoms with Crippen molar-refractivity contribution < 1.29 is 0 Å². The molecule has 0 amide bonds. The van der Waals surface area contributed by atoms with Crippen LogP contribution in [0.3, 0.4) is 0 Å². The number of benzene rings is 1. The first-order valence-corrected chi connectivity index (χ1v) is 6.21. The van der Waals surface area contributed by atoms with Crippen molar-refractivity contribution in [1.29, 1.82) is 0 Å². The molecule has 0 aliphatic heterocycles. The molecular formula is C13H20N2S. The lowest BCUT2D eigenvalue weighted by Crippen LogP contribution is -2.40. The molecule has 1 aromatic carbocycles. The summed E-state index contributed by atoms with van der Waals surface area (Å²) in [7, 11) is 0. The molecule has 88 valence electrons. The van der Waals surface area contributed by atoms with Gasteiger partial charge in [0, 0.05) is 12.6 Å². The fourth-order valence-corrected chi connectivity index (χ4v) is 1.88. The molecule has 0 saturated heterocycles. The first kappa shape index (κ1) is 13.0. The Kier molecular flexibility index (Phi) is 5.86. The molecule has 0 radical (unpaired) electrons. The standard InChI is InChI=1S/C13H20N2S/c1-3-14-13(16)15-11(2)9-10-12-7-5-4-6-8-12/h4-8,11H,3,9-10H2,1-2H3,(H2,14,15,16). The normalized spacial score (nSPS) is 11.9. The van der Waals surface area contributed by atoms with E-state index in [-0.39, 0.29) is 0 Å². The van der Waals surface area contributed by atoms with Crippen LogP contribution in [0, 0.1) is 0 Å². The molecule has 0 spiro atoms. The molecule has 0 aromatic heterocycles. The predicted molar refractivity (Wildman–Crippen MR) is 73.6 cm³/mol. The van der Waals surface area contributed by atoms with E-state index in [2.05, 4.69) is 41.8 Å². The molecule has 0 fully saturated rings. The van der Waals surface area contributed by atoms with E-state index in [4.69, 9.17) is 12.2 Å². The number of thiocarbonyl (C=S) groups is 1. The summed E-state index contributed by atoms with van der Waals surface area (Å²) in [4.78, 5) is 0. The molecule has 0 aliphatic carbocycles. The van der Waals surface area contributed by atoms with E-state index < -0.39 is 0 Å². The summed E-state index contributed by atoms with van der Waals surface area (Å²) in [6.45, 7) is 5.08. The molecule has 1 aromatic rings. The lowest BCUT2D eigenvalue weighted by Gasteiger charge is -2.16. The SMILES string of the molecule is CCNC(=S)NC(C)CCc1ccccc1. The number of aryl methyl sites for hydroxylation is 1. The van der Waals surface area contributed by atoms with Gasteiger partial charge in [0.25, 0.3) is 0 Å². The fraction of sp³-hybridized carbons (Fsp3) is 0.462. The largest absolute Gasteiger partial charge is 0.363 e. The quantitative estimate of drug-likeness (QED) is 0.768. The summed E-state index contributed by atoms with van der Waals surface area (Å²) in [6, 6.07) is 10.9. The molecular weight excluding hydrogens is 216 g/mol. The Morgan fingerprint density at radius 1 is 1.31 bits per heavy atom. The van der Waals surface area contributed by atoms with E-state index in [0.29, 0.717) is 6.04 Å². The molecule has 1 atom stereocenters. The van der Waals surface area contributed by atoms with Gasteiger partial charge >= 0.3 is 0 Å². The van der Waals surface area contributed by atoms with Crippen molar-refractivity contribution in [2.45, 2.75) is 32.7 Å². The number of hydrogen-bond donors (Lipinski definition) is 2. The van der Waals surface area contributed by atoms with Crippen LogP contribution in [0.5, 0.6) is 0 Å². The Hall–Kier alpha value is -1.09. The summed E-state index contributed by atoms with van der Waals surface area (Å²) in [5.74, 6) is 0. The van der Waals surface area contributed by atoms with Crippen LogP contribution < -0.4 is 10.6 Å². The second kappa shape index (κ2) is 7.23. The zero-order valence-corrected chi connectivity index (χ0v) is 10.8. The van der Waals surface area contributed by atoms with Gasteiger partial charge in [-0.05, 0) is 44.5 Å². The Labute approximate surface area is 103 Å². The summed E-state index contributed by atoms with van der Waals surface area (Å²) in [5.41, 5.74) is 1.38. The topological polar surface area (TPSA) is 24.1 Å². The maximum absolute atomic E-state index is 5.14. The molecule has 3 heteroatoms. The molecule has 0 bridgehead atoms. The lowest BCUT2D eigenvalue weighted by molar-refractivity contribution is 0.601. The average molecular weight is 236 g/mol. The lowest BCUT2D eigenvalue weighted by atomic mass is 10.1. The van der Waals surface area contributed by atoms with Crippen LogP contribution in [0.25, 0.3) is 0 Å². The van der Waals surface area contributed by atoms with Gasteiger partial charge < -0.3 is 10.6 Å². The number of hydrogen-bond acceptors (Lipinski definition) is 1. The molecule has 0 heterocycles. The van der Waals surface area contributed by atoms with E-state index in [9.17, 15) is 0 Å². The van der Waals surface area contributed by atoms with Crippen molar-refractivity contribution in [3.63, 3.8) is 0 Å². The van der Waals surface area contributed by atoms with E-state index in [1.165, 1.54) is 5.56 Å². The van der Waals surface area contributed by atoms with Gasteiger partial charge in [-0.25, -0.2) is 0 Å². The van der Waals surface area contributed by atoms with E-state index in [1.807, 2.05) is 13.0 Å². The average Bonchev–Trinajstić information content (AvgIpc) is 2.28. The summed E-state index contributed by atoms with van der Waals surface area (Å²) >= 11 is 5.14. The molecule has 16 heavy (non-hydrogen) atoms. The number of nitrogens with one attached hydrogen (secondary N) is 2. The van der Waals surface area contributed by atoms with Crippen LogP contribution in [0.2, 0.25) is 0 Å². The van der Waals surface area contributed by atoms with E-state index >= 15 is 0 Å². The zero-order chi connectivity index (χ0) is 11.8.